The highest BCUT2D eigenvalue weighted by Gasteiger charge is 1.87. The van der Waals surface area contributed by atoms with Crippen molar-refractivity contribution in [3.63, 3.8) is 0 Å². The summed E-state index contributed by atoms with van der Waals surface area (Å²) in [7, 11) is 0. The topological polar surface area (TPSA) is 44.3 Å². The van der Waals surface area contributed by atoms with Gasteiger partial charge in [-0.2, -0.15) is 0 Å². The van der Waals surface area contributed by atoms with Crippen molar-refractivity contribution in [1.29, 1.82) is 0 Å². The second-order valence-electron chi connectivity index (χ2n) is 1.11. The van der Waals surface area contributed by atoms with Crippen LogP contribution in [0.2, 0.25) is 0 Å². The maximum absolute atomic E-state index is 8.53. The highest BCUT2D eigenvalue weighted by Crippen LogP contribution is 1.87. The monoisotopic (exact) mass is 97.0 g/mol. The first-order chi connectivity index (χ1) is 3.39. The summed E-state index contributed by atoms with van der Waals surface area (Å²) in [6.45, 7) is 0. The van der Waals surface area contributed by atoms with Gasteiger partial charge in [-0.05, 0) is 6.08 Å². The smallest absolute Gasteiger partial charge is 0.144 e. The Balaban J connectivity index is 2.58. The van der Waals surface area contributed by atoms with E-state index in [1.54, 1.807) is 6.20 Å². The molecule has 0 fully saturated rings. The number of rotatable bonds is 0. The summed E-state index contributed by atoms with van der Waals surface area (Å²) in [6.07, 6.45) is 5.48. The van der Waals surface area contributed by atoms with Crippen molar-refractivity contribution < 1.29 is 5.11 Å². The van der Waals surface area contributed by atoms with Crippen LogP contribution in [0.3, 0.4) is 0 Å². The number of aliphatic hydroxyl groups is 1. The highest BCUT2D eigenvalue weighted by molar-refractivity contribution is 5.07. The van der Waals surface area contributed by atoms with Crippen LogP contribution in [0.25, 0.3) is 0 Å². The van der Waals surface area contributed by atoms with Crippen molar-refractivity contribution in [1.82, 2.24) is 10.9 Å². The van der Waals surface area contributed by atoms with E-state index in [9.17, 15) is 0 Å². The molecule has 3 heteroatoms. The maximum Gasteiger partial charge on any atom is 0.144 e. The van der Waals surface area contributed by atoms with Crippen LogP contribution in [0.4, 0.5) is 0 Å². The summed E-state index contributed by atoms with van der Waals surface area (Å²) in [4.78, 5) is 0. The molecule has 1 aliphatic heterocycles. The number of nitrogens with one attached hydrogen (secondary N) is 2. The van der Waals surface area contributed by atoms with E-state index < -0.39 is 0 Å². The number of hydrogen-bond donors (Lipinski definition) is 3. The molecule has 3 nitrogen and oxygen atoms in total. The second-order valence-corrected chi connectivity index (χ2v) is 1.11. The summed E-state index contributed by atoms with van der Waals surface area (Å²) >= 11 is 0. The Hall–Kier alpha value is -1.12. The number of hydrogen-bond acceptors (Lipinski definition) is 3. The molecule has 1 radical (unpaired) electrons. The fourth-order valence-corrected chi connectivity index (χ4v) is 0.304. The van der Waals surface area contributed by atoms with Crippen LogP contribution in [0.15, 0.2) is 18.0 Å². The predicted octanol–water partition coefficient (Wildman–Crippen LogP) is -0.190. The molecular formula is C4H5N2O. The van der Waals surface area contributed by atoms with Crippen LogP contribution in [-0.2, 0) is 0 Å². The minimum atomic E-state index is 0.110. The molecule has 1 aliphatic rings. The van der Waals surface area contributed by atoms with Crippen LogP contribution >= 0.6 is 0 Å². The van der Waals surface area contributed by atoms with Crippen molar-refractivity contribution in [3.05, 3.63) is 24.2 Å². The SMILES string of the molecule is OC1=[C]NNC=C1. The fourth-order valence-electron chi connectivity index (χ4n) is 0.304. The number of allylic oxidation sites excluding steroid dienone is 1. The van der Waals surface area contributed by atoms with E-state index >= 15 is 0 Å². The normalized spacial score (nSPS) is 16.9. The summed E-state index contributed by atoms with van der Waals surface area (Å²) in [5.74, 6) is 0.110. The molecular weight excluding hydrogens is 92.1 g/mol. The number of hydrazine groups is 1. The Kier molecular flexibility index (Phi) is 0.898. The summed E-state index contributed by atoms with van der Waals surface area (Å²) in [5, 5.41) is 8.53. The Morgan fingerprint density at radius 1 is 1.71 bits per heavy atom. The van der Waals surface area contributed by atoms with Crippen molar-refractivity contribution in [2.75, 3.05) is 0 Å². The van der Waals surface area contributed by atoms with Crippen molar-refractivity contribution >= 4 is 0 Å². The van der Waals surface area contributed by atoms with E-state index in [4.69, 9.17) is 5.11 Å². The quantitative estimate of drug-likeness (QED) is 0.392. The molecule has 0 aliphatic carbocycles. The zero-order chi connectivity index (χ0) is 5.11. The average molecular weight is 97.1 g/mol. The van der Waals surface area contributed by atoms with Gasteiger partial charge in [-0.15, -0.1) is 0 Å². The van der Waals surface area contributed by atoms with Gasteiger partial charge in [0, 0.05) is 6.20 Å². The fraction of sp³-hybridized carbons (Fsp3) is 0. The molecule has 0 amide bonds. The third-order valence-electron chi connectivity index (χ3n) is 0.587. The Bertz CT molecular complexity index is 117. The Labute approximate surface area is 41.3 Å². The molecule has 0 aromatic heterocycles. The van der Waals surface area contributed by atoms with Gasteiger partial charge >= 0.3 is 0 Å². The van der Waals surface area contributed by atoms with E-state index in [0.29, 0.717) is 0 Å². The van der Waals surface area contributed by atoms with E-state index in [2.05, 4.69) is 17.1 Å². The molecule has 1 heterocycles. The first-order valence-electron chi connectivity index (χ1n) is 1.88. The molecule has 0 saturated heterocycles. The molecule has 0 aromatic carbocycles. The summed E-state index contributed by atoms with van der Waals surface area (Å²) in [5.41, 5.74) is 5.05. The van der Waals surface area contributed by atoms with E-state index in [1.807, 2.05) is 0 Å². The van der Waals surface area contributed by atoms with Crippen molar-refractivity contribution in [2.45, 2.75) is 0 Å². The Morgan fingerprint density at radius 3 is 2.86 bits per heavy atom. The molecule has 0 aromatic rings. The molecule has 3 N–H and O–H groups in total. The lowest BCUT2D eigenvalue weighted by Crippen LogP contribution is -2.23. The van der Waals surface area contributed by atoms with Crippen molar-refractivity contribution in [2.24, 2.45) is 0 Å². The van der Waals surface area contributed by atoms with E-state index in [-0.39, 0.29) is 5.76 Å². The highest BCUT2D eigenvalue weighted by atomic mass is 16.3. The largest absolute Gasteiger partial charge is 0.506 e. The first-order valence-corrected chi connectivity index (χ1v) is 1.88. The lowest BCUT2D eigenvalue weighted by atomic mass is 10.5. The van der Waals surface area contributed by atoms with Gasteiger partial charge in [-0.25, -0.2) is 0 Å². The second kappa shape index (κ2) is 1.55. The molecule has 37 valence electrons. The number of aliphatic hydroxyl groups excluding tert-OH is 1. The van der Waals surface area contributed by atoms with Gasteiger partial charge < -0.3 is 10.5 Å². The Morgan fingerprint density at radius 2 is 2.57 bits per heavy atom. The van der Waals surface area contributed by atoms with Crippen LogP contribution in [0.5, 0.6) is 0 Å². The molecule has 1 rings (SSSR count). The zero-order valence-corrected chi connectivity index (χ0v) is 3.60. The molecule has 0 spiro atoms. The van der Waals surface area contributed by atoms with Gasteiger partial charge in [0.15, 0.2) is 0 Å². The van der Waals surface area contributed by atoms with Gasteiger partial charge in [0.25, 0.3) is 0 Å². The van der Waals surface area contributed by atoms with Gasteiger partial charge in [-0.3, -0.25) is 5.43 Å². The minimum absolute atomic E-state index is 0.110. The van der Waals surface area contributed by atoms with Gasteiger partial charge in [0.2, 0.25) is 0 Å². The lowest BCUT2D eigenvalue weighted by Gasteiger charge is -2.01. The summed E-state index contributed by atoms with van der Waals surface area (Å²) in [6, 6.07) is 0. The van der Waals surface area contributed by atoms with Crippen molar-refractivity contribution in [3.8, 4) is 0 Å². The lowest BCUT2D eigenvalue weighted by molar-refractivity contribution is 0.415. The van der Waals surface area contributed by atoms with Crippen LogP contribution in [0.1, 0.15) is 0 Å². The minimum Gasteiger partial charge on any atom is -0.506 e. The third-order valence-corrected chi connectivity index (χ3v) is 0.587. The first kappa shape index (κ1) is 4.05. The third kappa shape index (κ3) is 0.855. The maximum atomic E-state index is 8.53. The molecule has 0 saturated carbocycles. The van der Waals surface area contributed by atoms with Gasteiger partial charge in [0.05, 0.1) is 0 Å². The molecule has 0 bridgehead atoms. The predicted molar refractivity (Wildman–Crippen MR) is 24.8 cm³/mol. The van der Waals surface area contributed by atoms with Gasteiger partial charge in [-0.1, -0.05) is 0 Å². The van der Waals surface area contributed by atoms with Crippen LogP contribution in [-0.4, -0.2) is 5.11 Å². The van der Waals surface area contributed by atoms with Gasteiger partial charge in [0.1, 0.15) is 12.0 Å². The van der Waals surface area contributed by atoms with E-state index in [1.165, 1.54) is 6.08 Å². The molecule has 7 heavy (non-hydrogen) atoms. The van der Waals surface area contributed by atoms with Crippen LogP contribution in [0, 0.1) is 6.20 Å². The summed E-state index contributed by atoms with van der Waals surface area (Å²) < 4.78 is 0. The molecule has 0 unspecified atom stereocenters. The standard InChI is InChI=1S/C4H5N2O/c7-4-1-2-5-6-3-4/h1-2,5-7H. The average Bonchev–Trinajstić information content (AvgIpc) is 1.69. The zero-order valence-electron chi connectivity index (χ0n) is 3.60. The van der Waals surface area contributed by atoms with Crippen LogP contribution < -0.4 is 10.9 Å². The van der Waals surface area contributed by atoms with E-state index in [0.717, 1.165) is 0 Å². The molecule has 0 atom stereocenters.